The van der Waals surface area contributed by atoms with Crippen molar-refractivity contribution in [3.63, 3.8) is 0 Å². The van der Waals surface area contributed by atoms with Crippen LogP contribution in [0.4, 0.5) is 5.82 Å². The lowest BCUT2D eigenvalue weighted by Gasteiger charge is -2.03. The smallest absolute Gasteiger partial charge is 0.195 e. The lowest BCUT2D eigenvalue weighted by molar-refractivity contribution is 0.921. The molecule has 0 saturated heterocycles. The molecule has 0 aliphatic carbocycles. The molecule has 0 atom stereocenters. The van der Waals surface area contributed by atoms with Crippen molar-refractivity contribution in [3.05, 3.63) is 48.3 Å². The van der Waals surface area contributed by atoms with Gasteiger partial charge in [0.1, 0.15) is 5.82 Å². The molecule has 0 saturated carbocycles. The van der Waals surface area contributed by atoms with E-state index in [0.717, 1.165) is 22.1 Å². The van der Waals surface area contributed by atoms with Gasteiger partial charge in [0, 0.05) is 18.1 Å². The number of nitrogen functional groups attached to an aromatic ring is 1. The first-order chi connectivity index (χ1) is 9.36. The predicted octanol–water partition coefficient (Wildman–Crippen LogP) is 1.70. The number of anilines is 1. The summed E-state index contributed by atoms with van der Waals surface area (Å²) in [6.45, 7) is 0. The topological polar surface area (TPSA) is 81.1 Å². The molecule has 0 amide bonds. The minimum Gasteiger partial charge on any atom is -0.308 e. The molecule has 3 aromatic rings. The summed E-state index contributed by atoms with van der Waals surface area (Å²) in [5.41, 5.74) is 4.51. The zero-order valence-electron chi connectivity index (χ0n) is 10.0. The zero-order chi connectivity index (χ0) is 13.1. The highest BCUT2D eigenvalue weighted by molar-refractivity contribution is 7.98. The van der Waals surface area contributed by atoms with Gasteiger partial charge in [-0.2, -0.15) is 0 Å². The molecule has 7 heteroatoms. The van der Waals surface area contributed by atoms with Crippen molar-refractivity contribution in [1.82, 2.24) is 19.6 Å². The van der Waals surface area contributed by atoms with Gasteiger partial charge >= 0.3 is 0 Å². The Morgan fingerprint density at radius 2 is 2.21 bits per heavy atom. The Balaban J connectivity index is 1.78. The van der Waals surface area contributed by atoms with Crippen molar-refractivity contribution in [2.45, 2.75) is 10.9 Å². The van der Waals surface area contributed by atoms with Crippen LogP contribution in [0.15, 0.2) is 47.9 Å². The van der Waals surface area contributed by atoms with Gasteiger partial charge in [0.15, 0.2) is 10.8 Å². The van der Waals surface area contributed by atoms with E-state index >= 15 is 0 Å². The first kappa shape index (κ1) is 11.9. The Morgan fingerprint density at radius 3 is 3.11 bits per heavy atom. The number of hydrogen-bond acceptors (Lipinski definition) is 6. The maximum absolute atomic E-state index is 5.34. The monoisotopic (exact) mass is 272 g/mol. The SMILES string of the molecule is NNc1cc(CSc2nnc3ccccn23)ccn1. The Kier molecular flexibility index (Phi) is 3.30. The van der Waals surface area contributed by atoms with Crippen LogP contribution in [0.25, 0.3) is 5.65 Å². The summed E-state index contributed by atoms with van der Waals surface area (Å²) in [7, 11) is 0. The van der Waals surface area contributed by atoms with Crippen LogP contribution in [0.3, 0.4) is 0 Å². The molecule has 0 bridgehead atoms. The number of rotatable bonds is 4. The number of thioether (sulfide) groups is 1. The third kappa shape index (κ3) is 2.51. The van der Waals surface area contributed by atoms with Crippen LogP contribution in [0, 0.1) is 0 Å². The van der Waals surface area contributed by atoms with Gasteiger partial charge in [-0.15, -0.1) is 10.2 Å². The third-order valence-corrected chi connectivity index (χ3v) is 3.64. The molecule has 0 aromatic carbocycles. The van der Waals surface area contributed by atoms with Gasteiger partial charge in [0.05, 0.1) is 0 Å². The second kappa shape index (κ2) is 5.25. The number of nitrogens with zero attached hydrogens (tertiary/aromatic N) is 4. The summed E-state index contributed by atoms with van der Waals surface area (Å²) in [5.74, 6) is 6.78. The molecule has 0 aliphatic heterocycles. The van der Waals surface area contributed by atoms with Crippen LogP contribution in [0.5, 0.6) is 0 Å². The molecule has 3 heterocycles. The first-order valence-electron chi connectivity index (χ1n) is 5.71. The Hall–Kier alpha value is -2.12. The van der Waals surface area contributed by atoms with E-state index in [-0.39, 0.29) is 0 Å². The summed E-state index contributed by atoms with van der Waals surface area (Å²) in [6.07, 6.45) is 3.68. The molecular weight excluding hydrogens is 260 g/mol. The average Bonchev–Trinajstić information content (AvgIpc) is 2.89. The Bertz CT molecular complexity index is 695. The second-order valence-corrected chi connectivity index (χ2v) is 4.84. The molecule has 0 radical (unpaired) electrons. The van der Waals surface area contributed by atoms with Gasteiger partial charge in [-0.3, -0.25) is 4.40 Å². The van der Waals surface area contributed by atoms with E-state index in [1.165, 1.54) is 0 Å². The number of fused-ring (bicyclic) bond motifs is 1. The van der Waals surface area contributed by atoms with Gasteiger partial charge in [-0.25, -0.2) is 10.8 Å². The highest BCUT2D eigenvalue weighted by Crippen LogP contribution is 2.22. The molecule has 3 aromatic heterocycles. The van der Waals surface area contributed by atoms with Gasteiger partial charge in [0.2, 0.25) is 0 Å². The minimum absolute atomic E-state index is 0.657. The highest BCUT2D eigenvalue weighted by Gasteiger charge is 2.05. The maximum Gasteiger partial charge on any atom is 0.195 e. The Morgan fingerprint density at radius 1 is 1.26 bits per heavy atom. The van der Waals surface area contributed by atoms with E-state index in [1.807, 2.05) is 40.9 Å². The number of nitrogens with one attached hydrogen (secondary N) is 1. The van der Waals surface area contributed by atoms with Crippen LogP contribution in [0.2, 0.25) is 0 Å². The average molecular weight is 272 g/mol. The Labute approximate surface area is 114 Å². The van der Waals surface area contributed by atoms with E-state index in [9.17, 15) is 0 Å². The molecule has 0 spiro atoms. The molecule has 0 aliphatic rings. The standard InChI is InChI=1S/C12H12N6S/c13-15-10-7-9(4-5-14-10)8-19-12-17-16-11-3-1-2-6-18(11)12/h1-7H,8,13H2,(H,14,15). The van der Waals surface area contributed by atoms with Gasteiger partial charge in [0.25, 0.3) is 0 Å². The molecule has 19 heavy (non-hydrogen) atoms. The predicted molar refractivity (Wildman–Crippen MR) is 74.6 cm³/mol. The lowest BCUT2D eigenvalue weighted by Crippen LogP contribution is -2.08. The van der Waals surface area contributed by atoms with Gasteiger partial charge in [-0.05, 0) is 29.8 Å². The fourth-order valence-electron chi connectivity index (χ4n) is 1.71. The largest absolute Gasteiger partial charge is 0.308 e. The summed E-state index contributed by atoms with van der Waals surface area (Å²) in [5, 5.41) is 9.16. The van der Waals surface area contributed by atoms with E-state index in [0.29, 0.717) is 5.82 Å². The minimum atomic E-state index is 0.657. The van der Waals surface area contributed by atoms with E-state index in [4.69, 9.17) is 5.84 Å². The van der Waals surface area contributed by atoms with E-state index in [1.54, 1.807) is 18.0 Å². The summed E-state index contributed by atoms with van der Waals surface area (Å²) in [6, 6.07) is 9.71. The molecule has 3 N–H and O–H groups in total. The number of pyridine rings is 2. The second-order valence-electron chi connectivity index (χ2n) is 3.89. The maximum atomic E-state index is 5.34. The van der Waals surface area contributed by atoms with Crippen molar-refractivity contribution in [2.75, 3.05) is 5.43 Å². The molecule has 3 rings (SSSR count). The van der Waals surface area contributed by atoms with Gasteiger partial charge < -0.3 is 5.43 Å². The molecule has 0 fully saturated rings. The first-order valence-corrected chi connectivity index (χ1v) is 6.69. The zero-order valence-corrected chi connectivity index (χ0v) is 10.8. The normalized spacial score (nSPS) is 10.8. The van der Waals surface area contributed by atoms with Crippen LogP contribution >= 0.6 is 11.8 Å². The van der Waals surface area contributed by atoms with Gasteiger partial charge in [-0.1, -0.05) is 17.8 Å². The van der Waals surface area contributed by atoms with Crippen LogP contribution in [-0.4, -0.2) is 19.6 Å². The molecule has 6 nitrogen and oxygen atoms in total. The molecule has 96 valence electrons. The molecule has 0 unspecified atom stereocenters. The van der Waals surface area contributed by atoms with Crippen LogP contribution < -0.4 is 11.3 Å². The summed E-state index contributed by atoms with van der Waals surface area (Å²) < 4.78 is 1.97. The third-order valence-electron chi connectivity index (χ3n) is 2.62. The number of aromatic nitrogens is 4. The quantitative estimate of drug-likeness (QED) is 0.427. The van der Waals surface area contributed by atoms with Crippen molar-refractivity contribution in [1.29, 1.82) is 0 Å². The summed E-state index contributed by atoms with van der Waals surface area (Å²) in [4.78, 5) is 4.07. The fraction of sp³-hybridized carbons (Fsp3) is 0.0833. The van der Waals surface area contributed by atoms with Crippen LogP contribution in [0.1, 0.15) is 5.56 Å². The van der Waals surface area contributed by atoms with E-state index in [2.05, 4.69) is 20.6 Å². The number of hydrazine groups is 1. The fourth-order valence-corrected chi connectivity index (χ4v) is 2.58. The number of hydrogen-bond donors (Lipinski definition) is 2. The highest BCUT2D eigenvalue weighted by atomic mass is 32.2. The lowest BCUT2D eigenvalue weighted by atomic mass is 10.3. The van der Waals surface area contributed by atoms with Crippen LogP contribution in [-0.2, 0) is 5.75 Å². The summed E-state index contributed by atoms with van der Waals surface area (Å²) >= 11 is 1.62. The van der Waals surface area contributed by atoms with E-state index < -0.39 is 0 Å². The van der Waals surface area contributed by atoms with Crippen molar-refractivity contribution < 1.29 is 0 Å². The van der Waals surface area contributed by atoms with Crippen molar-refractivity contribution >= 4 is 23.2 Å². The van der Waals surface area contributed by atoms with Crippen molar-refractivity contribution in [3.8, 4) is 0 Å². The molecular formula is C12H12N6S. The number of nitrogens with two attached hydrogens (primary N) is 1. The van der Waals surface area contributed by atoms with Crippen molar-refractivity contribution in [2.24, 2.45) is 5.84 Å².